The predicted octanol–water partition coefficient (Wildman–Crippen LogP) is 0.678. The molecule has 0 atom stereocenters. The van der Waals surface area contributed by atoms with Gasteiger partial charge in [-0.2, -0.15) is 0 Å². The molecule has 116 valence electrons. The van der Waals surface area contributed by atoms with Crippen LogP contribution in [0.15, 0.2) is 12.3 Å². The topological polar surface area (TPSA) is 118 Å². The van der Waals surface area contributed by atoms with Gasteiger partial charge in [0.2, 0.25) is 5.82 Å². The number of rotatable bonds is 9. The highest BCUT2D eigenvalue weighted by Gasteiger charge is 2.18. The molecule has 9 heteroatoms. The maximum atomic E-state index is 10.9. The molecule has 0 saturated carbocycles. The summed E-state index contributed by atoms with van der Waals surface area (Å²) >= 11 is 0. The number of methoxy groups -OCH3 is 1. The number of nitrogens with zero attached hydrogens (tertiary/aromatic N) is 3. The molecule has 21 heavy (non-hydrogen) atoms. The van der Waals surface area contributed by atoms with E-state index in [1.165, 1.54) is 0 Å². The minimum Gasteiger partial charge on any atom is -0.478 e. The second kappa shape index (κ2) is 8.12. The summed E-state index contributed by atoms with van der Waals surface area (Å²) in [5.74, 6) is -1.19. The number of aromatic nitrogens is 1. The molecular weight excluding hydrogens is 280 g/mol. The second-order valence-electron chi connectivity index (χ2n) is 4.38. The lowest BCUT2D eigenvalue weighted by Crippen LogP contribution is -2.28. The molecule has 0 aliphatic carbocycles. The van der Waals surface area contributed by atoms with Crippen molar-refractivity contribution >= 4 is 17.5 Å². The average Bonchev–Trinajstić information content (AvgIpc) is 2.44. The Balaban J connectivity index is 2.66. The van der Waals surface area contributed by atoms with Gasteiger partial charge >= 0.3 is 11.7 Å². The highest BCUT2D eigenvalue weighted by atomic mass is 16.6. The van der Waals surface area contributed by atoms with Crippen molar-refractivity contribution in [1.82, 2.24) is 9.88 Å². The van der Waals surface area contributed by atoms with Gasteiger partial charge < -0.3 is 20.1 Å². The number of carbonyl (C=O) groups is 1. The van der Waals surface area contributed by atoms with E-state index in [9.17, 15) is 14.9 Å². The van der Waals surface area contributed by atoms with E-state index in [2.05, 4.69) is 10.3 Å². The summed E-state index contributed by atoms with van der Waals surface area (Å²) in [4.78, 5) is 26.9. The molecule has 0 amide bonds. The Bertz CT molecular complexity index is 508. The maximum Gasteiger partial charge on any atom is 0.337 e. The number of carboxylic acid groups (broad SMARTS) is 1. The van der Waals surface area contributed by atoms with Gasteiger partial charge in [-0.3, -0.25) is 10.1 Å². The standard InChI is InChI=1S/C12H18N4O5/c1-15(5-6-21-2)4-3-13-11-10(16(19)20)7-9(8-14-11)12(17)18/h7-8H,3-6H2,1-2H3,(H,13,14)(H,17,18). The van der Waals surface area contributed by atoms with E-state index in [1.807, 2.05) is 11.9 Å². The zero-order valence-electron chi connectivity index (χ0n) is 11.9. The van der Waals surface area contributed by atoms with Crippen LogP contribution in [-0.4, -0.2) is 66.3 Å². The van der Waals surface area contributed by atoms with E-state index in [1.54, 1.807) is 7.11 Å². The summed E-state index contributed by atoms with van der Waals surface area (Å²) in [5, 5.41) is 22.6. The fourth-order valence-corrected chi connectivity index (χ4v) is 1.57. The quantitative estimate of drug-likeness (QED) is 0.504. The minimum atomic E-state index is -1.25. The van der Waals surface area contributed by atoms with Gasteiger partial charge in [0.05, 0.1) is 17.1 Å². The number of hydrogen-bond donors (Lipinski definition) is 2. The molecular formula is C12H18N4O5. The number of aromatic carboxylic acids is 1. The summed E-state index contributed by atoms with van der Waals surface area (Å²) < 4.78 is 4.94. The minimum absolute atomic E-state index is 0.0603. The molecule has 0 spiro atoms. The Kier molecular flexibility index (Phi) is 6.50. The first-order chi connectivity index (χ1) is 9.95. The highest BCUT2D eigenvalue weighted by Crippen LogP contribution is 2.22. The van der Waals surface area contributed by atoms with Crippen LogP contribution < -0.4 is 5.32 Å². The summed E-state index contributed by atoms with van der Waals surface area (Å²) in [5.41, 5.74) is -0.570. The molecule has 1 rings (SSSR count). The molecule has 0 fully saturated rings. The lowest BCUT2D eigenvalue weighted by atomic mass is 10.2. The van der Waals surface area contributed by atoms with Crippen LogP contribution in [0.3, 0.4) is 0 Å². The molecule has 0 saturated heterocycles. The average molecular weight is 298 g/mol. The Morgan fingerprint density at radius 3 is 2.86 bits per heavy atom. The van der Waals surface area contributed by atoms with E-state index in [-0.39, 0.29) is 17.1 Å². The number of carboxylic acids is 1. The van der Waals surface area contributed by atoms with Crippen LogP contribution in [0.5, 0.6) is 0 Å². The second-order valence-corrected chi connectivity index (χ2v) is 4.38. The third kappa shape index (κ3) is 5.32. The molecule has 0 bridgehead atoms. The van der Waals surface area contributed by atoms with Crippen LogP contribution in [0.4, 0.5) is 11.5 Å². The van der Waals surface area contributed by atoms with Crippen LogP contribution >= 0.6 is 0 Å². The number of nitro groups is 1. The summed E-state index contributed by atoms with van der Waals surface area (Å²) in [6.07, 6.45) is 1.09. The smallest absolute Gasteiger partial charge is 0.337 e. The first kappa shape index (κ1) is 16.8. The van der Waals surface area contributed by atoms with Crippen molar-refractivity contribution in [1.29, 1.82) is 0 Å². The molecule has 2 N–H and O–H groups in total. The Morgan fingerprint density at radius 2 is 2.29 bits per heavy atom. The molecule has 0 aromatic carbocycles. The van der Waals surface area contributed by atoms with E-state index in [4.69, 9.17) is 9.84 Å². The number of hydrogen-bond acceptors (Lipinski definition) is 7. The molecule has 0 unspecified atom stereocenters. The number of pyridine rings is 1. The van der Waals surface area contributed by atoms with Crippen LogP contribution in [0.25, 0.3) is 0 Å². The van der Waals surface area contributed by atoms with Crippen molar-refractivity contribution in [2.75, 3.05) is 45.7 Å². The Hall–Kier alpha value is -2.26. The molecule has 9 nitrogen and oxygen atoms in total. The highest BCUT2D eigenvalue weighted by molar-refractivity contribution is 5.88. The molecule has 0 radical (unpaired) electrons. The van der Waals surface area contributed by atoms with E-state index >= 15 is 0 Å². The van der Waals surface area contributed by atoms with Crippen molar-refractivity contribution in [3.05, 3.63) is 27.9 Å². The van der Waals surface area contributed by atoms with E-state index in [0.717, 1.165) is 18.8 Å². The largest absolute Gasteiger partial charge is 0.478 e. The van der Waals surface area contributed by atoms with Crippen LogP contribution in [0.2, 0.25) is 0 Å². The third-order valence-electron chi connectivity index (χ3n) is 2.77. The van der Waals surface area contributed by atoms with Crippen molar-refractivity contribution in [2.24, 2.45) is 0 Å². The van der Waals surface area contributed by atoms with Crippen LogP contribution in [0.1, 0.15) is 10.4 Å². The van der Waals surface area contributed by atoms with Gasteiger partial charge in [-0.25, -0.2) is 9.78 Å². The van der Waals surface area contributed by atoms with E-state index < -0.39 is 10.9 Å². The molecule has 0 aliphatic rings. The molecule has 1 heterocycles. The lowest BCUT2D eigenvalue weighted by Gasteiger charge is -2.16. The van der Waals surface area contributed by atoms with Gasteiger partial charge in [0, 0.05) is 39.0 Å². The third-order valence-corrected chi connectivity index (χ3v) is 2.77. The SMILES string of the molecule is COCCN(C)CCNc1ncc(C(=O)O)cc1[N+](=O)[O-]. The molecule has 1 aromatic rings. The van der Waals surface area contributed by atoms with Gasteiger partial charge in [-0.1, -0.05) is 0 Å². The summed E-state index contributed by atoms with van der Waals surface area (Å²) in [6.45, 7) is 2.43. The number of anilines is 1. The first-order valence-corrected chi connectivity index (χ1v) is 6.24. The van der Waals surface area contributed by atoms with Gasteiger partial charge in [0.15, 0.2) is 0 Å². The van der Waals surface area contributed by atoms with Gasteiger partial charge in [0.25, 0.3) is 0 Å². The number of ether oxygens (including phenoxy) is 1. The zero-order valence-corrected chi connectivity index (χ0v) is 11.9. The van der Waals surface area contributed by atoms with Gasteiger partial charge in [-0.15, -0.1) is 0 Å². The van der Waals surface area contributed by atoms with Crippen molar-refractivity contribution in [3.63, 3.8) is 0 Å². The number of nitrogens with one attached hydrogen (secondary N) is 1. The van der Waals surface area contributed by atoms with Gasteiger partial charge in [-0.05, 0) is 7.05 Å². The van der Waals surface area contributed by atoms with Crippen LogP contribution in [0, 0.1) is 10.1 Å². The van der Waals surface area contributed by atoms with Crippen molar-refractivity contribution in [2.45, 2.75) is 0 Å². The van der Waals surface area contributed by atoms with Gasteiger partial charge in [0.1, 0.15) is 0 Å². The summed E-state index contributed by atoms with van der Waals surface area (Å²) in [7, 11) is 3.51. The predicted molar refractivity (Wildman–Crippen MR) is 75.7 cm³/mol. The molecule has 0 aliphatic heterocycles. The Labute approximate surface area is 121 Å². The molecule has 1 aromatic heterocycles. The normalized spacial score (nSPS) is 10.6. The zero-order chi connectivity index (χ0) is 15.8. The first-order valence-electron chi connectivity index (χ1n) is 6.24. The van der Waals surface area contributed by atoms with Crippen LogP contribution in [-0.2, 0) is 4.74 Å². The lowest BCUT2D eigenvalue weighted by molar-refractivity contribution is -0.384. The van der Waals surface area contributed by atoms with Crippen molar-refractivity contribution < 1.29 is 19.6 Å². The fraction of sp³-hybridized carbons (Fsp3) is 0.500. The summed E-state index contributed by atoms with van der Waals surface area (Å²) in [6, 6.07) is 0.992. The maximum absolute atomic E-state index is 10.9. The van der Waals surface area contributed by atoms with Crippen molar-refractivity contribution in [3.8, 4) is 0 Å². The fourth-order valence-electron chi connectivity index (χ4n) is 1.57. The monoisotopic (exact) mass is 298 g/mol. The Morgan fingerprint density at radius 1 is 1.57 bits per heavy atom. The van der Waals surface area contributed by atoms with E-state index in [0.29, 0.717) is 19.7 Å². The number of likely N-dealkylation sites (N-methyl/N-ethyl adjacent to an activating group) is 1.